The Morgan fingerprint density at radius 1 is 1.04 bits per heavy atom. The molecule has 0 aliphatic rings. The number of carbonyl (C=O) groups excluding carboxylic acids is 3. The minimum atomic E-state index is -0.770. The summed E-state index contributed by atoms with van der Waals surface area (Å²) in [6.45, 7) is 9.83. The van der Waals surface area contributed by atoms with Crippen molar-refractivity contribution in [2.75, 3.05) is 12.4 Å². The lowest BCUT2D eigenvalue weighted by atomic mass is 10.0. The Labute approximate surface area is 172 Å². The summed E-state index contributed by atoms with van der Waals surface area (Å²) in [6.07, 6.45) is 0.625. The van der Waals surface area contributed by atoms with Crippen molar-refractivity contribution in [3.05, 3.63) is 35.9 Å². The Hall–Kier alpha value is -2.02. The van der Waals surface area contributed by atoms with Crippen molar-refractivity contribution in [3.8, 4) is 0 Å². The number of esters is 1. The molecule has 0 aromatic heterocycles. The molecule has 2 amide bonds. The maximum Gasteiger partial charge on any atom is 0.329 e. The van der Waals surface area contributed by atoms with Gasteiger partial charge in [-0.05, 0) is 12.5 Å². The van der Waals surface area contributed by atoms with Gasteiger partial charge in [-0.1, -0.05) is 58.0 Å². The number of rotatable bonds is 10. The first-order chi connectivity index (χ1) is 13.2. The molecule has 0 aliphatic carbocycles. The van der Waals surface area contributed by atoms with E-state index in [0.29, 0.717) is 12.2 Å². The molecule has 156 valence electrons. The van der Waals surface area contributed by atoms with Crippen molar-refractivity contribution in [2.45, 2.75) is 64.3 Å². The fraction of sp³-hybridized carbons (Fsp3) is 0.571. The Morgan fingerprint density at radius 2 is 1.68 bits per heavy atom. The topological polar surface area (TPSA) is 84.5 Å². The second kappa shape index (κ2) is 11.7. The van der Waals surface area contributed by atoms with Crippen LogP contribution in [0.25, 0.3) is 0 Å². The van der Waals surface area contributed by atoms with E-state index in [2.05, 4.69) is 10.6 Å². The van der Waals surface area contributed by atoms with Crippen molar-refractivity contribution in [1.29, 1.82) is 0 Å². The maximum absolute atomic E-state index is 12.9. The largest absolute Gasteiger partial charge is 0.464 e. The SMILES string of the molecule is CCOC(=O)[C@H](CSC(C)(C)C)NC(=O)[C@H](Cc1ccccc1)NC(=O)CC. The fourth-order valence-electron chi connectivity index (χ4n) is 2.37. The zero-order valence-electron chi connectivity index (χ0n) is 17.4. The van der Waals surface area contributed by atoms with Gasteiger partial charge in [-0.15, -0.1) is 0 Å². The third kappa shape index (κ3) is 9.26. The maximum atomic E-state index is 12.9. The van der Waals surface area contributed by atoms with Gasteiger partial charge in [0.05, 0.1) is 6.61 Å². The van der Waals surface area contributed by atoms with Crippen molar-refractivity contribution in [2.24, 2.45) is 0 Å². The first kappa shape index (κ1) is 24.0. The lowest BCUT2D eigenvalue weighted by molar-refractivity contribution is -0.146. The predicted octanol–water partition coefficient (Wildman–Crippen LogP) is 2.70. The number of hydrogen-bond donors (Lipinski definition) is 2. The van der Waals surface area contributed by atoms with Crippen LogP contribution in [0.4, 0.5) is 0 Å². The summed E-state index contributed by atoms with van der Waals surface area (Å²) >= 11 is 1.57. The van der Waals surface area contributed by atoms with Crippen molar-refractivity contribution in [3.63, 3.8) is 0 Å². The Bertz CT molecular complexity index is 644. The van der Waals surface area contributed by atoms with Gasteiger partial charge in [0.2, 0.25) is 11.8 Å². The molecule has 0 saturated carbocycles. The van der Waals surface area contributed by atoms with Gasteiger partial charge >= 0.3 is 5.97 Å². The van der Waals surface area contributed by atoms with Crippen LogP contribution in [0.1, 0.15) is 46.6 Å². The first-order valence-corrected chi connectivity index (χ1v) is 10.6. The van der Waals surface area contributed by atoms with Gasteiger partial charge < -0.3 is 15.4 Å². The molecule has 6 nitrogen and oxygen atoms in total. The Kier molecular flexibility index (Phi) is 10.1. The number of nitrogens with one attached hydrogen (secondary N) is 2. The molecule has 7 heteroatoms. The van der Waals surface area contributed by atoms with Gasteiger partial charge in [-0.3, -0.25) is 9.59 Å². The van der Waals surface area contributed by atoms with Crippen LogP contribution in [-0.2, 0) is 25.5 Å². The first-order valence-electron chi connectivity index (χ1n) is 9.60. The molecule has 1 rings (SSSR count). The predicted molar refractivity (Wildman–Crippen MR) is 113 cm³/mol. The highest BCUT2D eigenvalue weighted by molar-refractivity contribution is 8.00. The van der Waals surface area contributed by atoms with E-state index >= 15 is 0 Å². The number of carbonyl (C=O) groups is 3. The zero-order chi connectivity index (χ0) is 21.2. The van der Waals surface area contributed by atoms with Crippen LogP contribution in [-0.4, -0.2) is 47.0 Å². The van der Waals surface area contributed by atoms with E-state index in [1.165, 1.54) is 0 Å². The summed E-state index contributed by atoms with van der Waals surface area (Å²) in [5.74, 6) is -0.674. The zero-order valence-corrected chi connectivity index (χ0v) is 18.2. The van der Waals surface area contributed by atoms with E-state index in [4.69, 9.17) is 4.74 Å². The van der Waals surface area contributed by atoms with Gasteiger partial charge in [0, 0.05) is 23.3 Å². The standard InChI is InChI=1S/C21H32N2O4S/c1-6-18(24)22-16(13-15-11-9-8-10-12-15)19(25)23-17(20(26)27-7-2)14-28-21(3,4)5/h8-12,16-17H,6-7,13-14H2,1-5H3,(H,22,24)(H,23,25)/t16-,17-/m0/s1. The summed E-state index contributed by atoms with van der Waals surface area (Å²) in [7, 11) is 0. The smallest absolute Gasteiger partial charge is 0.329 e. The Balaban J connectivity index is 2.91. The van der Waals surface area contributed by atoms with E-state index in [1.54, 1.807) is 25.6 Å². The lowest BCUT2D eigenvalue weighted by Crippen LogP contribution is -2.53. The summed E-state index contributed by atoms with van der Waals surface area (Å²) in [5, 5.41) is 5.53. The highest BCUT2D eigenvalue weighted by Crippen LogP contribution is 2.24. The number of hydrogen-bond acceptors (Lipinski definition) is 5. The average molecular weight is 409 g/mol. The molecule has 0 unspecified atom stereocenters. The molecule has 0 spiro atoms. The average Bonchev–Trinajstić information content (AvgIpc) is 2.64. The molecule has 0 fully saturated rings. The van der Waals surface area contributed by atoms with Crippen LogP contribution < -0.4 is 10.6 Å². The van der Waals surface area contributed by atoms with E-state index in [9.17, 15) is 14.4 Å². The second-order valence-corrected chi connectivity index (χ2v) is 9.25. The highest BCUT2D eigenvalue weighted by Gasteiger charge is 2.29. The molecule has 0 bridgehead atoms. The monoisotopic (exact) mass is 408 g/mol. The van der Waals surface area contributed by atoms with E-state index in [-0.39, 0.29) is 23.7 Å². The number of benzene rings is 1. The molecule has 28 heavy (non-hydrogen) atoms. The molecule has 0 radical (unpaired) electrons. The second-order valence-electron chi connectivity index (χ2n) is 7.40. The number of ether oxygens (including phenoxy) is 1. The van der Waals surface area contributed by atoms with Crippen LogP contribution in [0.3, 0.4) is 0 Å². The van der Waals surface area contributed by atoms with Gasteiger partial charge in [-0.2, -0.15) is 11.8 Å². The molecule has 2 atom stereocenters. The third-order valence-corrected chi connectivity index (χ3v) is 5.19. The minimum absolute atomic E-state index is 0.0602. The quantitative estimate of drug-likeness (QED) is 0.582. The van der Waals surface area contributed by atoms with E-state index in [1.807, 2.05) is 51.1 Å². The summed E-state index contributed by atoms with van der Waals surface area (Å²) in [4.78, 5) is 37.1. The third-order valence-electron chi connectivity index (χ3n) is 3.83. The molecule has 1 aromatic rings. The van der Waals surface area contributed by atoms with Gasteiger partial charge in [0.15, 0.2) is 0 Å². The van der Waals surface area contributed by atoms with Gasteiger partial charge in [0.1, 0.15) is 12.1 Å². The fourth-order valence-corrected chi connectivity index (χ4v) is 3.26. The highest BCUT2D eigenvalue weighted by atomic mass is 32.2. The van der Waals surface area contributed by atoms with Crippen LogP contribution >= 0.6 is 11.8 Å². The lowest BCUT2D eigenvalue weighted by Gasteiger charge is -2.25. The van der Waals surface area contributed by atoms with Crippen LogP contribution in [0.2, 0.25) is 0 Å². The normalized spacial score (nSPS) is 13.3. The minimum Gasteiger partial charge on any atom is -0.464 e. The van der Waals surface area contributed by atoms with Gasteiger partial charge in [0.25, 0.3) is 0 Å². The molecule has 0 saturated heterocycles. The molecular formula is C21H32N2O4S. The molecular weight excluding hydrogens is 376 g/mol. The van der Waals surface area contributed by atoms with Crippen molar-refractivity contribution in [1.82, 2.24) is 10.6 Å². The molecule has 0 aliphatic heterocycles. The Morgan fingerprint density at radius 3 is 2.21 bits per heavy atom. The summed E-state index contributed by atoms with van der Waals surface area (Å²) < 4.78 is 5.06. The van der Waals surface area contributed by atoms with Crippen LogP contribution in [0, 0.1) is 0 Å². The van der Waals surface area contributed by atoms with Crippen molar-refractivity contribution < 1.29 is 19.1 Å². The molecule has 2 N–H and O–H groups in total. The molecule has 1 aromatic carbocycles. The summed E-state index contributed by atoms with van der Waals surface area (Å²) in [6, 6.07) is 7.93. The number of thioether (sulfide) groups is 1. The van der Waals surface area contributed by atoms with Crippen molar-refractivity contribution >= 4 is 29.5 Å². The van der Waals surface area contributed by atoms with Crippen LogP contribution in [0.15, 0.2) is 30.3 Å². The van der Waals surface area contributed by atoms with E-state index in [0.717, 1.165) is 5.56 Å². The van der Waals surface area contributed by atoms with E-state index < -0.39 is 24.0 Å². The van der Waals surface area contributed by atoms with Gasteiger partial charge in [-0.25, -0.2) is 4.79 Å². The number of amides is 2. The summed E-state index contributed by atoms with van der Waals surface area (Å²) in [5.41, 5.74) is 0.927. The van der Waals surface area contributed by atoms with Crippen LogP contribution in [0.5, 0.6) is 0 Å². The molecule has 0 heterocycles.